The van der Waals surface area contributed by atoms with Gasteiger partial charge in [0.15, 0.2) is 0 Å². The Morgan fingerprint density at radius 1 is 1.08 bits per heavy atom. The number of aliphatic hydroxyl groups excluding tert-OH is 1. The molecular formula is C27H41N3O6. The first kappa shape index (κ1) is 27.8. The number of hydrogen-bond donors (Lipinski definition) is 3. The second-order valence-corrected chi connectivity index (χ2v) is 10.9. The summed E-state index contributed by atoms with van der Waals surface area (Å²) in [7, 11) is 0. The highest BCUT2D eigenvalue weighted by molar-refractivity contribution is 5.86. The van der Waals surface area contributed by atoms with Gasteiger partial charge in [0.2, 0.25) is 5.91 Å². The highest BCUT2D eigenvalue weighted by Crippen LogP contribution is 2.29. The summed E-state index contributed by atoms with van der Waals surface area (Å²) in [5.41, 5.74) is 0.214. The van der Waals surface area contributed by atoms with Crippen LogP contribution in [0, 0.1) is 5.92 Å². The molecule has 3 unspecified atom stereocenters. The van der Waals surface area contributed by atoms with Crippen molar-refractivity contribution >= 4 is 18.1 Å². The van der Waals surface area contributed by atoms with Gasteiger partial charge in [0.05, 0.1) is 18.7 Å². The Labute approximate surface area is 213 Å². The van der Waals surface area contributed by atoms with E-state index in [4.69, 9.17) is 9.47 Å². The Bertz CT molecular complexity index is 866. The number of hydrogen-bond acceptors (Lipinski definition) is 6. The van der Waals surface area contributed by atoms with Crippen LogP contribution in [-0.4, -0.2) is 65.0 Å². The van der Waals surface area contributed by atoms with Crippen LogP contribution in [0.5, 0.6) is 0 Å². The van der Waals surface area contributed by atoms with E-state index in [1.165, 1.54) is 4.90 Å². The van der Waals surface area contributed by atoms with Gasteiger partial charge in [0.25, 0.3) is 0 Å². The number of nitrogens with zero attached hydrogens (tertiary/aromatic N) is 1. The Kier molecular flexibility index (Phi) is 9.98. The van der Waals surface area contributed by atoms with Gasteiger partial charge in [-0.2, -0.15) is 0 Å². The Hall–Kier alpha value is -2.81. The number of β-amino-alcohol motifs (C(OH)–C–C–N with tert-alkyl or cyclic N) is 1. The minimum Gasteiger partial charge on any atom is -0.445 e. The van der Waals surface area contributed by atoms with Crippen LogP contribution in [0.2, 0.25) is 0 Å². The molecule has 1 aromatic rings. The number of aliphatic hydroxyl groups is 1. The van der Waals surface area contributed by atoms with E-state index < -0.39 is 36.0 Å². The van der Waals surface area contributed by atoms with E-state index in [0.29, 0.717) is 31.7 Å². The van der Waals surface area contributed by atoms with Gasteiger partial charge >= 0.3 is 12.2 Å². The zero-order valence-electron chi connectivity index (χ0n) is 21.7. The second-order valence-electron chi connectivity index (χ2n) is 10.9. The predicted octanol–water partition coefficient (Wildman–Crippen LogP) is 3.74. The fourth-order valence-electron chi connectivity index (χ4n) is 4.83. The van der Waals surface area contributed by atoms with Crippen LogP contribution in [0.25, 0.3) is 0 Å². The van der Waals surface area contributed by atoms with Crippen molar-refractivity contribution in [2.45, 2.75) is 96.1 Å². The molecular weight excluding hydrogens is 462 g/mol. The SMILES string of the molecule is CC(C)(C)OC(=O)NC(CC1CCCC1)C(=O)NC1CCCN(C(=O)OCc2ccccc2)CC1O. The third-order valence-corrected chi connectivity index (χ3v) is 6.66. The summed E-state index contributed by atoms with van der Waals surface area (Å²) >= 11 is 0. The number of alkyl carbamates (subject to hydrolysis) is 1. The van der Waals surface area contributed by atoms with Crippen LogP contribution < -0.4 is 10.6 Å². The van der Waals surface area contributed by atoms with Gasteiger partial charge in [-0.3, -0.25) is 4.79 Å². The average molecular weight is 504 g/mol. The summed E-state index contributed by atoms with van der Waals surface area (Å²) in [6.07, 6.45) is 3.90. The normalized spacial score (nSPS) is 21.8. The van der Waals surface area contributed by atoms with Crippen LogP contribution in [0.3, 0.4) is 0 Å². The molecule has 1 heterocycles. The zero-order valence-corrected chi connectivity index (χ0v) is 21.7. The second kappa shape index (κ2) is 12.9. The lowest BCUT2D eigenvalue weighted by Gasteiger charge is -2.28. The predicted molar refractivity (Wildman–Crippen MR) is 135 cm³/mol. The molecule has 9 nitrogen and oxygen atoms in total. The fraction of sp³-hybridized carbons (Fsp3) is 0.667. The van der Waals surface area contributed by atoms with Crippen LogP contribution >= 0.6 is 0 Å². The molecule has 1 aliphatic heterocycles. The van der Waals surface area contributed by atoms with Gasteiger partial charge in [0, 0.05) is 6.54 Å². The molecule has 1 saturated heterocycles. The molecule has 0 bridgehead atoms. The fourth-order valence-corrected chi connectivity index (χ4v) is 4.83. The average Bonchev–Trinajstić information content (AvgIpc) is 3.26. The molecule has 3 amide bonds. The van der Waals surface area contributed by atoms with E-state index in [9.17, 15) is 19.5 Å². The van der Waals surface area contributed by atoms with Gasteiger partial charge in [-0.25, -0.2) is 9.59 Å². The Morgan fingerprint density at radius 3 is 2.44 bits per heavy atom. The first-order valence-electron chi connectivity index (χ1n) is 13.0. The number of likely N-dealkylation sites (tertiary alicyclic amines) is 1. The zero-order chi connectivity index (χ0) is 26.1. The molecule has 2 fully saturated rings. The maximum atomic E-state index is 13.2. The molecule has 3 atom stereocenters. The van der Waals surface area contributed by atoms with Crippen LogP contribution in [0.15, 0.2) is 30.3 Å². The van der Waals surface area contributed by atoms with Crippen molar-refractivity contribution in [3.05, 3.63) is 35.9 Å². The Morgan fingerprint density at radius 2 is 1.78 bits per heavy atom. The smallest absolute Gasteiger partial charge is 0.410 e. The molecule has 1 aromatic carbocycles. The minimum absolute atomic E-state index is 0.0609. The van der Waals surface area contributed by atoms with E-state index >= 15 is 0 Å². The third kappa shape index (κ3) is 9.00. The minimum atomic E-state index is -0.950. The van der Waals surface area contributed by atoms with Gasteiger partial charge in [0.1, 0.15) is 18.2 Å². The molecule has 0 spiro atoms. The molecule has 9 heteroatoms. The molecule has 1 saturated carbocycles. The number of ether oxygens (including phenoxy) is 2. The van der Waals surface area contributed by atoms with E-state index in [1.54, 1.807) is 20.8 Å². The molecule has 2 aliphatic rings. The lowest BCUT2D eigenvalue weighted by molar-refractivity contribution is -0.125. The third-order valence-electron chi connectivity index (χ3n) is 6.66. The van der Waals surface area contributed by atoms with E-state index in [0.717, 1.165) is 31.2 Å². The first-order chi connectivity index (χ1) is 17.1. The molecule has 3 rings (SSSR count). The summed E-state index contributed by atoms with van der Waals surface area (Å²) in [5, 5.41) is 16.5. The molecule has 3 N–H and O–H groups in total. The number of carbonyl (C=O) groups is 3. The van der Waals surface area contributed by atoms with Gasteiger partial charge in [-0.15, -0.1) is 0 Å². The number of nitrogens with one attached hydrogen (secondary N) is 2. The van der Waals surface area contributed by atoms with Crippen molar-refractivity contribution in [2.75, 3.05) is 13.1 Å². The van der Waals surface area contributed by atoms with E-state index in [2.05, 4.69) is 10.6 Å². The summed E-state index contributed by atoms with van der Waals surface area (Å²) < 4.78 is 10.8. The van der Waals surface area contributed by atoms with Crippen LogP contribution in [0.1, 0.15) is 71.3 Å². The van der Waals surface area contributed by atoms with Crippen molar-refractivity contribution in [3.63, 3.8) is 0 Å². The highest BCUT2D eigenvalue weighted by Gasteiger charge is 2.33. The number of rotatable bonds is 7. The lowest BCUT2D eigenvalue weighted by atomic mass is 9.97. The first-order valence-corrected chi connectivity index (χ1v) is 13.0. The molecule has 0 aromatic heterocycles. The molecule has 0 radical (unpaired) electrons. The number of benzene rings is 1. The maximum absolute atomic E-state index is 13.2. The maximum Gasteiger partial charge on any atom is 0.410 e. The van der Waals surface area contributed by atoms with Crippen LogP contribution in [-0.2, 0) is 20.9 Å². The monoisotopic (exact) mass is 503 g/mol. The number of carbonyl (C=O) groups excluding carboxylic acids is 3. The lowest BCUT2D eigenvalue weighted by Crippen LogP contribution is -2.54. The highest BCUT2D eigenvalue weighted by atomic mass is 16.6. The number of amides is 3. The molecule has 200 valence electrons. The van der Waals surface area contributed by atoms with Crippen molar-refractivity contribution in [2.24, 2.45) is 5.92 Å². The molecule has 36 heavy (non-hydrogen) atoms. The van der Waals surface area contributed by atoms with Crippen molar-refractivity contribution in [1.29, 1.82) is 0 Å². The summed E-state index contributed by atoms with van der Waals surface area (Å²) in [6, 6.07) is 8.13. The largest absolute Gasteiger partial charge is 0.445 e. The standard InChI is InChI=1S/C27H41N3O6/c1-27(2,3)36-25(33)29-22(16-19-10-7-8-11-19)24(32)28-21-14-9-15-30(17-23(21)31)26(34)35-18-20-12-5-4-6-13-20/h4-6,12-13,19,21-23,31H,7-11,14-18H2,1-3H3,(H,28,32)(H,29,33). The summed E-state index contributed by atoms with van der Waals surface area (Å²) in [6.45, 7) is 5.97. The van der Waals surface area contributed by atoms with Gasteiger partial charge in [-0.05, 0) is 51.5 Å². The topological polar surface area (TPSA) is 117 Å². The summed E-state index contributed by atoms with van der Waals surface area (Å²) in [4.78, 5) is 39.7. The summed E-state index contributed by atoms with van der Waals surface area (Å²) in [5.74, 6) is 0.0292. The van der Waals surface area contributed by atoms with Gasteiger partial charge < -0.3 is 30.1 Å². The van der Waals surface area contributed by atoms with Crippen molar-refractivity contribution < 1.29 is 29.0 Å². The van der Waals surface area contributed by atoms with Crippen molar-refractivity contribution in [1.82, 2.24) is 15.5 Å². The van der Waals surface area contributed by atoms with E-state index in [1.807, 2.05) is 30.3 Å². The van der Waals surface area contributed by atoms with Crippen molar-refractivity contribution in [3.8, 4) is 0 Å². The van der Waals surface area contributed by atoms with Gasteiger partial charge in [-0.1, -0.05) is 56.0 Å². The van der Waals surface area contributed by atoms with E-state index in [-0.39, 0.29) is 19.1 Å². The van der Waals surface area contributed by atoms with Crippen LogP contribution in [0.4, 0.5) is 9.59 Å². The quantitative estimate of drug-likeness (QED) is 0.522. The Balaban J connectivity index is 1.56. The molecule has 1 aliphatic carbocycles.